The molecule has 3 nitrogen and oxygen atoms in total. The van der Waals surface area contributed by atoms with Gasteiger partial charge in [0.1, 0.15) is 23.2 Å². The van der Waals surface area contributed by atoms with Gasteiger partial charge in [-0.05, 0) is 32.0 Å². The lowest BCUT2D eigenvalue weighted by atomic mass is 10.0. The van der Waals surface area contributed by atoms with E-state index < -0.39 is 11.6 Å². The predicted octanol–water partition coefficient (Wildman–Crippen LogP) is 3.40. The molecule has 2 aromatic rings. The Bertz CT molecular complexity index is 600. The van der Waals surface area contributed by atoms with E-state index in [0.29, 0.717) is 5.56 Å². The molecular weight excluding hydrogens is 250 g/mol. The predicted molar refractivity (Wildman–Crippen MR) is 69.8 cm³/mol. The van der Waals surface area contributed by atoms with Gasteiger partial charge in [-0.1, -0.05) is 0 Å². The fourth-order valence-corrected chi connectivity index (χ4v) is 1.73. The Morgan fingerprint density at radius 1 is 1.16 bits per heavy atom. The monoisotopic (exact) mass is 264 g/mol. The van der Waals surface area contributed by atoms with E-state index in [9.17, 15) is 8.78 Å². The normalized spacial score (nSPS) is 10.8. The molecule has 0 unspecified atom stereocenters. The Labute approximate surface area is 110 Å². The van der Waals surface area contributed by atoms with E-state index in [2.05, 4.69) is 4.98 Å². The van der Waals surface area contributed by atoms with Crippen LogP contribution >= 0.6 is 0 Å². The summed E-state index contributed by atoms with van der Waals surface area (Å²) in [5.41, 5.74) is 6.24. The van der Waals surface area contributed by atoms with Crippen LogP contribution in [0, 0.1) is 11.6 Å². The molecule has 5 heteroatoms. The lowest BCUT2D eigenvalue weighted by Gasteiger charge is -2.15. The van der Waals surface area contributed by atoms with Crippen LogP contribution < -0.4 is 10.5 Å². The second-order valence-corrected chi connectivity index (χ2v) is 4.40. The minimum Gasteiger partial charge on any atom is -0.490 e. The van der Waals surface area contributed by atoms with Crippen LogP contribution in [0.1, 0.15) is 13.8 Å². The number of hydrogen-bond donors (Lipinski definition) is 1. The zero-order valence-corrected chi connectivity index (χ0v) is 10.7. The average molecular weight is 264 g/mol. The Morgan fingerprint density at radius 3 is 2.58 bits per heavy atom. The lowest BCUT2D eigenvalue weighted by molar-refractivity contribution is 0.242. The van der Waals surface area contributed by atoms with Gasteiger partial charge in [0.05, 0.1) is 12.3 Å². The summed E-state index contributed by atoms with van der Waals surface area (Å²) in [6, 6.07) is 5.34. The first-order chi connectivity index (χ1) is 8.97. The number of aromatic nitrogens is 1. The molecule has 2 N–H and O–H groups in total. The van der Waals surface area contributed by atoms with E-state index >= 15 is 0 Å². The van der Waals surface area contributed by atoms with Crippen molar-refractivity contribution in [2.45, 2.75) is 20.0 Å². The van der Waals surface area contributed by atoms with Crippen LogP contribution in [0.3, 0.4) is 0 Å². The SMILES string of the molecule is CC(C)Oc1cc(F)ccc1-c1cc(N)ncc1F. The Kier molecular flexibility index (Phi) is 3.64. The Balaban J connectivity index is 2.57. The fourth-order valence-electron chi connectivity index (χ4n) is 1.73. The number of nitrogen functional groups attached to an aromatic ring is 1. The lowest BCUT2D eigenvalue weighted by Crippen LogP contribution is -2.07. The van der Waals surface area contributed by atoms with Gasteiger partial charge < -0.3 is 10.5 Å². The van der Waals surface area contributed by atoms with Crippen molar-refractivity contribution in [3.8, 4) is 16.9 Å². The van der Waals surface area contributed by atoms with Gasteiger partial charge in [-0.25, -0.2) is 13.8 Å². The zero-order chi connectivity index (χ0) is 14.0. The molecule has 0 fully saturated rings. The minimum atomic E-state index is -0.533. The minimum absolute atomic E-state index is 0.150. The van der Waals surface area contributed by atoms with Gasteiger partial charge in [0.15, 0.2) is 0 Å². The molecule has 1 aromatic carbocycles. The summed E-state index contributed by atoms with van der Waals surface area (Å²) in [6.45, 7) is 3.62. The number of anilines is 1. The highest BCUT2D eigenvalue weighted by Crippen LogP contribution is 2.33. The molecule has 0 bridgehead atoms. The highest BCUT2D eigenvalue weighted by atomic mass is 19.1. The number of nitrogens with two attached hydrogens (primary N) is 1. The molecule has 19 heavy (non-hydrogen) atoms. The van der Waals surface area contributed by atoms with Crippen molar-refractivity contribution in [1.82, 2.24) is 4.98 Å². The van der Waals surface area contributed by atoms with Gasteiger partial charge in [-0.15, -0.1) is 0 Å². The van der Waals surface area contributed by atoms with Crippen LogP contribution in [-0.2, 0) is 0 Å². The molecule has 0 spiro atoms. The fraction of sp³-hybridized carbons (Fsp3) is 0.214. The third-order valence-electron chi connectivity index (χ3n) is 2.47. The molecule has 0 atom stereocenters. The third-order valence-corrected chi connectivity index (χ3v) is 2.47. The summed E-state index contributed by atoms with van der Waals surface area (Å²) >= 11 is 0. The van der Waals surface area contributed by atoms with Gasteiger partial charge >= 0.3 is 0 Å². The van der Waals surface area contributed by atoms with Crippen molar-refractivity contribution in [1.29, 1.82) is 0 Å². The summed E-state index contributed by atoms with van der Waals surface area (Å²) in [6.07, 6.45) is 0.885. The smallest absolute Gasteiger partial charge is 0.149 e. The van der Waals surface area contributed by atoms with Crippen LogP contribution in [0.4, 0.5) is 14.6 Å². The van der Waals surface area contributed by atoms with Crippen LogP contribution in [-0.4, -0.2) is 11.1 Å². The van der Waals surface area contributed by atoms with Gasteiger partial charge in [-0.2, -0.15) is 0 Å². The zero-order valence-electron chi connectivity index (χ0n) is 10.7. The standard InChI is InChI=1S/C14H14F2N2O/c1-8(2)19-13-5-9(15)3-4-10(13)11-6-14(17)18-7-12(11)16/h3-8H,1-2H3,(H2,17,18). The number of nitrogens with zero attached hydrogens (tertiary/aromatic N) is 1. The van der Waals surface area contributed by atoms with Gasteiger partial charge in [0.2, 0.25) is 0 Å². The molecule has 0 aliphatic heterocycles. The summed E-state index contributed by atoms with van der Waals surface area (Å²) in [7, 11) is 0. The molecule has 0 aliphatic carbocycles. The highest BCUT2D eigenvalue weighted by molar-refractivity contribution is 5.72. The molecule has 0 saturated heterocycles. The van der Waals surface area contributed by atoms with Gasteiger partial charge in [0, 0.05) is 17.2 Å². The van der Waals surface area contributed by atoms with E-state index in [1.807, 2.05) is 13.8 Å². The van der Waals surface area contributed by atoms with E-state index in [0.717, 1.165) is 6.20 Å². The van der Waals surface area contributed by atoms with E-state index in [-0.39, 0.29) is 23.2 Å². The van der Waals surface area contributed by atoms with Crippen molar-refractivity contribution in [2.75, 3.05) is 5.73 Å². The van der Waals surface area contributed by atoms with Crippen molar-refractivity contribution < 1.29 is 13.5 Å². The van der Waals surface area contributed by atoms with Crippen molar-refractivity contribution in [3.63, 3.8) is 0 Å². The van der Waals surface area contributed by atoms with Crippen LogP contribution in [0.25, 0.3) is 11.1 Å². The van der Waals surface area contributed by atoms with Crippen molar-refractivity contribution in [3.05, 3.63) is 42.1 Å². The number of halogens is 2. The number of ether oxygens (including phenoxy) is 1. The first-order valence-corrected chi connectivity index (χ1v) is 5.85. The molecule has 2 rings (SSSR count). The highest BCUT2D eigenvalue weighted by Gasteiger charge is 2.14. The third kappa shape index (κ3) is 2.99. The van der Waals surface area contributed by atoms with E-state index in [4.69, 9.17) is 10.5 Å². The maximum Gasteiger partial charge on any atom is 0.149 e. The Hall–Kier alpha value is -2.17. The number of rotatable bonds is 3. The van der Waals surface area contributed by atoms with Gasteiger partial charge in [-0.3, -0.25) is 0 Å². The van der Waals surface area contributed by atoms with E-state index in [1.54, 1.807) is 0 Å². The molecule has 0 aliphatic rings. The quantitative estimate of drug-likeness (QED) is 0.924. The number of benzene rings is 1. The molecule has 0 saturated carbocycles. The molecule has 1 aromatic heterocycles. The van der Waals surface area contributed by atoms with Crippen LogP contribution in [0.2, 0.25) is 0 Å². The average Bonchev–Trinajstić information content (AvgIpc) is 2.32. The maximum atomic E-state index is 13.8. The molecule has 0 radical (unpaired) electrons. The largest absolute Gasteiger partial charge is 0.490 e. The summed E-state index contributed by atoms with van der Waals surface area (Å²) < 4.78 is 32.6. The second-order valence-electron chi connectivity index (χ2n) is 4.40. The van der Waals surface area contributed by atoms with E-state index in [1.165, 1.54) is 24.3 Å². The first kappa shape index (κ1) is 13.3. The summed E-state index contributed by atoms with van der Waals surface area (Å²) in [5.74, 6) is -0.507. The number of pyridine rings is 1. The summed E-state index contributed by atoms with van der Waals surface area (Å²) in [5, 5.41) is 0. The van der Waals surface area contributed by atoms with Crippen LogP contribution in [0.15, 0.2) is 30.5 Å². The second kappa shape index (κ2) is 5.22. The molecular formula is C14H14F2N2O. The van der Waals surface area contributed by atoms with Gasteiger partial charge in [0.25, 0.3) is 0 Å². The van der Waals surface area contributed by atoms with Crippen molar-refractivity contribution >= 4 is 5.82 Å². The van der Waals surface area contributed by atoms with Crippen LogP contribution in [0.5, 0.6) is 5.75 Å². The molecule has 100 valence electrons. The first-order valence-electron chi connectivity index (χ1n) is 5.85. The number of hydrogen-bond acceptors (Lipinski definition) is 3. The molecule has 1 heterocycles. The van der Waals surface area contributed by atoms with Crippen molar-refractivity contribution in [2.24, 2.45) is 0 Å². The molecule has 0 amide bonds. The Morgan fingerprint density at radius 2 is 1.89 bits per heavy atom. The summed E-state index contributed by atoms with van der Waals surface area (Å²) in [4.78, 5) is 3.66. The topological polar surface area (TPSA) is 48.1 Å². The maximum absolute atomic E-state index is 13.8.